The van der Waals surface area contributed by atoms with Crippen molar-refractivity contribution in [1.29, 1.82) is 0 Å². The van der Waals surface area contributed by atoms with Crippen LogP contribution in [-0.2, 0) is 9.47 Å². The molecule has 0 radical (unpaired) electrons. The van der Waals surface area contributed by atoms with Crippen molar-refractivity contribution in [3.8, 4) is 0 Å². The molecule has 0 aromatic heterocycles. The molecule has 2 aliphatic carbocycles. The van der Waals surface area contributed by atoms with Gasteiger partial charge in [-0.05, 0) is 55.3 Å². The molecule has 4 nitrogen and oxygen atoms in total. The fraction of sp³-hybridized carbons (Fsp3) is 1.00. The van der Waals surface area contributed by atoms with Crippen molar-refractivity contribution in [2.75, 3.05) is 13.2 Å². The minimum Gasteiger partial charge on any atom is -0.393 e. The van der Waals surface area contributed by atoms with Gasteiger partial charge in [0.25, 0.3) is 0 Å². The molecule has 24 heavy (non-hydrogen) atoms. The van der Waals surface area contributed by atoms with Gasteiger partial charge in [-0.3, -0.25) is 0 Å². The number of hydrogen-bond donors (Lipinski definition) is 2. The molecule has 0 aromatic rings. The maximum absolute atomic E-state index is 11.0. The van der Waals surface area contributed by atoms with E-state index < -0.39 is 5.60 Å². The molecule has 0 aromatic carbocycles. The molecule has 1 spiro atoms. The van der Waals surface area contributed by atoms with Gasteiger partial charge in [0.05, 0.1) is 30.5 Å². The molecule has 7 atom stereocenters. The number of fused-ring (bicyclic) bond motifs is 1. The van der Waals surface area contributed by atoms with Gasteiger partial charge >= 0.3 is 0 Å². The lowest BCUT2D eigenvalue weighted by Gasteiger charge is -2.61. The quantitative estimate of drug-likeness (QED) is 0.774. The highest BCUT2D eigenvalue weighted by atomic mass is 16.6. The molecule has 2 saturated heterocycles. The van der Waals surface area contributed by atoms with Crippen molar-refractivity contribution in [3.63, 3.8) is 0 Å². The fourth-order valence-corrected chi connectivity index (χ4v) is 6.70. The maximum Gasteiger partial charge on any atom is 0.109 e. The molecule has 138 valence electrons. The van der Waals surface area contributed by atoms with Crippen LogP contribution in [0.3, 0.4) is 0 Å². The van der Waals surface area contributed by atoms with E-state index in [1.807, 2.05) is 6.92 Å². The van der Waals surface area contributed by atoms with E-state index in [0.29, 0.717) is 18.4 Å². The van der Waals surface area contributed by atoms with E-state index in [4.69, 9.17) is 9.47 Å². The highest BCUT2D eigenvalue weighted by Gasteiger charge is 2.67. The van der Waals surface area contributed by atoms with Crippen molar-refractivity contribution in [2.24, 2.45) is 22.7 Å². The second kappa shape index (κ2) is 5.18. The van der Waals surface area contributed by atoms with Crippen LogP contribution in [0, 0.1) is 22.7 Å². The van der Waals surface area contributed by atoms with E-state index in [9.17, 15) is 10.2 Å². The normalized spacial score (nSPS) is 51.8. The Hall–Kier alpha value is -0.160. The van der Waals surface area contributed by atoms with E-state index in [1.165, 1.54) is 12.8 Å². The molecular weight excluding hydrogens is 304 g/mol. The third kappa shape index (κ3) is 2.56. The predicted octanol–water partition coefficient (Wildman–Crippen LogP) is 2.90. The lowest BCUT2D eigenvalue weighted by molar-refractivity contribution is -0.169. The molecule has 2 aliphatic heterocycles. The molecule has 4 heteroatoms. The minimum absolute atomic E-state index is 0.00847. The summed E-state index contributed by atoms with van der Waals surface area (Å²) in [6, 6.07) is 0. The number of epoxide rings is 2. The zero-order valence-corrected chi connectivity index (χ0v) is 15.7. The Morgan fingerprint density at radius 3 is 2.46 bits per heavy atom. The van der Waals surface area contributed by atoms with Crippen LogP contribution in [0.4, 0.5) is 0 Å². The Kier molecular flexibility index (Phi) is 3.73. The maximum atomic E-state index is 11.0. The molecule has 0 unspecified atom stereocenters. The van der Waals surface area contributed by atoms with Gasteiger partial charge in [-0.25, -0.2) is 0 Å². The first-order chi connectivity index (χ1) is 11.1. The second-order valence-corrected chi connectivity index (χ2v) is 10.2. The van der Waals surface area contributed by atoms with Crippen LogP contribution < -0.4 is 0 Å². The zero-order chi connectivity index (χ0) is 17.4. The molecular formula is C20H34O4. The highest BCUT2D eigenvalue weighted by Crippen LogP contribution is 2.66. The molecule has 0 bridgehead atoms. The predicted molar refractivity (Wildman–Crippen MR) is 91.6 cm³/mol. The summed E-state index contributed by atoms with van der Waals surface area (Å²) in [5.41, 5.74) is -0.611. The smallest absolute Gasteiger partial charge is 0.109 e. The van der Waals surface area contributed by atoms with Crippen LogP contribution in [0.5, 0.6) is 0 Å². The first-order valence-electron chi connectivity index (χ1n) is 9.77. The van der Waals surface area contributed by atoms with Gasteiger partial charge in [0.2, 0.25) is 0 Å². The van der Waals surface area contributed by atoms with Gasteiger partial charge < -0.3 is 19.7 Å². The third-order valence-corrected chi connectivity index (χ3v) is 7.94. The summed E-state index contributed by atoms with van der Waals surface area (Å²) in [4.78, 5) is 0. The highest BCUT2D eigenvalue weighted by molar-refractivity contribution is 5.16. The summed E-state index contributed by atoms with van der Waals surface area (Å²) < 4.78 is 11.3. The van der Waals surface area contributed by atoms with Crippen LogP contribution in [0.2, 0.25) is 0 Å². The first-order valence-corrected chi connectivity index (χ1v) is 9.77. The van der Waals surface area contributed by atoms with Crippen molar-refractivity contribution >= 4 is 0 Å². The van der Waals surface area contributed by atoms with Crippen LogP contribution in [0.15, 0.2) is 0 Å². The van der Waals surface area contributed by atoms with Crippen LogP contribution in [-0.4, -0.2) is 46.8 Å². The molecule has 4 rings (SSSR count). The van der Waals surface area contributed by atoms with Crippen molar-refractivity contribution < 1.29 is 19.7 Å². The summed E-state index contributed by atoms with van der Waals surface area (Å²) in [6.45, 7) is 10.4. The Morgan fingerprint density at radius 1 is 1.21 bits per heavy atom. The van der Waals surface area contributed by atoms with Crippen LogP contribution in [0.1, 0.15) is 66.2 Å². The van der Waals surface area contributed by atoms with Crippen LogP contribution in [0.25, 0.3) is 0 Å². The molecule has 2 saturated carbocycles. The monoisotopic (exact) mass is 338 g/mol. The number of aliphatic hydroxyl groups is 2. The van der Waals surface area contributed by atoms with Crippen molar-refractivity contribution in [1.82, 2.24) is 0 Å². The number of rotatable bonds is 4. The summed E-state index contributed by atoms with van der Waals surface area (Å²) in [6.07, 6.45) is 5.80. The van der Waals surface area contributed by atoms with E-state index in [-0.39, 0.29) is 28.6 Å². The first kappa shape index (κ1) is 17.3. The van der Waals surface area contributed by atoms with E-state index in [2.05, 4.69) is 20.8 Å². The summed E-state index contributed by atoms with van der Waals surface area (Å²) in [7, 11) is 0. The second-order valence-electron chi connectivity index (χ2n) is 10.2. The van der Waals surface area contributed by atoms with Crippen LogP contribution >= 0.6 is 0 Å². The SMILES string of the molecule is CC1(C)CCC[C@]2(C)[C@@H]1[C@@H](O)C[C@]1(CO1)[C@H]2CC[C@@](C)(O)[C@H]1CO1. The van der Waals surface area contributed by atoms with Gasteiger partial charge in [0.1, 0.15) is 6.10 Å². The van der Waals surface area contributed by atoms with E-state index >= 15 is 0 Å². The number of ether oxygens (including phenoxy) is 2. The Morgan fingerprint density at radius 2 is 1.88 bits per heavy atom. The minimum atomic E-state index is -0.734. The molecule has 2 heterocycles. The average Bonchev–Trinajstić information content (AvgIpc) is 3.30. The molecule has 2 N–H and O–H groups in total. The van der Waals surface area contributed by atoms with Crippen molar-refractivity contribution in [2.45, 2.75) is 89.6 Å². The Labute approximate surface area is 145 Å². The average molecular weight is 338 g/mol. The topological polar surface area (TPSA) is 65.5 Å². The summed E-state index contributed by atoms with van der Waals surface area (Å²) in [5.74, 6) is 0.740. The van der Waals surface area contributed by atoms with Gasteiger partial charge in [0, 0.05) is 6.42 Å². The standard InChI is InChI=1S/C20H34O4/c1-17(2)7-5-8-18(3)14(6-9-19(4,22)15-11-23-15)20(12-24-20)10-13(21)16(17)18/h13-16,21-22H,5-12H2,1-4H3/t13-,14-,15+,16+,18-,19+,20-/m0/s1. The largest absolute Gasteiger partial charge is 0.393 e. The zero-order valence-electron chi connectivity index (χ0n) is 15.7. The molecule has 0 amide bonds. The van der Waals surface area contributed by atoms with Gasteiger partial charge in [-0.2, -0.15) is 0 Å². The fourth-order valence-electron chi connectivity index (χ4n) is 6.70. The third-order valence-electron chi connectivity index (χ3n) is 7.94. The van der Waals surface area contributed by atoms with E-state index in [1.54, 1.807) is 0 Å². The Balaban J connectivity index is 1.60. The number of aliphatic hydroxyl groups excluding tert-OH is 1. The van der Waals surface area contributed by atoms with Crippen molar-refractivity contribution in [3.05, 3.63) is 0 Å². The number of hydrogen-bond acceptors (Lipinski definition) is 4. The molecule has 4 fully saturated rings. The lowest BCUT2D eigenvalue weighted by Crippen LogP contribution is -2.60. The van der Waals surface area contributed by atoms with E-state index in [0.717, 1.165) is 32.3 Å². The summed E-state index contributed by atoms with van der Waals surface area (Å²) >= 11 is 0. The lowest BCUT2D eigenvalue weighted by atomic mass is 9.45. The van der Waals surface area contributed by atoms with Gasteiger partial charge in [0.15, 0.2) is 0 Å². The Bertz CT molecular complexity index is 506. The van der Waals surface area contributed by atoms with Gasteiger partial charge in [-0.1, -0.05) is 27.2 Å². The molecule has 4 aliphatic rings. The van der Waals surface area contributed by atoms with Gasteiger partial charge in [-0.15, -0.1) is 0 Å². The summed E-state index contributed by atoms with van der Waals surface area (Å²) in [5, 5.41) is 21.7.